The molecule has 1 aliphatic heterocycles. The largest absolute Gasteiger partial charge is 0.467 e. The first-order chi connectivity index (χ1) is 11.1. The van der Waals surface area contributed by atoms with E-state index in [-0.39, 0.29) is 11.8 Å². The van der Waals surface area contributed by atoms with Crippen molar-refractivity contribution in [1.29, 1.82) is 0 Å². The first-order valence-corrected chi connectivity index (χ1v) is 7.78. The number of benzene rings is 1. The van der Waals surface area contributed by atoms with Crippen LogP contribution in [-0.4, -0.2) is 22.8 Å². The van der Waals surface area contributed by atoms with Gasteiger partial charge in [0, 0.05) is 13.0 Å². The molecule has 1 atom stereocenters. The molecule has 0 saturated carbocycles. The highest BCUT2D eigenvalue weighted by molar-refractivity contribution is 5.90. The Balaban J connectivity index is 1.64. The van der Waals surface area contributed by atoms with Crippen molar-refractivity contribution in [2.24, 2.45) is 0 Å². The van der Waals surface area contributed by atoms with Crippen molar-refractivity contribution < 1.29 is 14.0 Å². The lowest BCUT2D eigenvalue weighted by atomic mass is 10.1. The summed E-state index contributed by atoms with van der Waals surface area (Å²) in [5.41, 5.74) is 2.21. The Morgan fingerprint density at radius 1 is 1.30 bits per heavy atom. The molecule has 0 radical (unpaired) electrons. The van der Waals surface area contributed by atoms with Crippen molar-refractivity contribution in [3.8, 4) is 0 Å². The van der Waals surface area contributed by atoms with Gasteiger partial charge in [0.25, 0.3) is 0 Å². The van der Waals surface area contributed by atoms with Gasteiger partial charge in [-0.3, -0.25) is 9.59 Å². The topological polar surface area (TPSA) is 62.6 Å². The van der Waals surface area contributed by atoms with Gasteiger partial charge in [0.1, 0.15) is 11.8 Å². The molecule has 5 heteroatoms. The summed E-state index contributed by atoms with van der Waals surface area (Å²) in [5.74, 6) is 0.607. The average molecular weight is 312 g/mol. The lowest BCUT2D eigenvalue weighted by Gasteiger charge is -2.24. The molecule has 1 saturated heterocycles. The first kappa shape index (κ1) is 15.3. The van der Waals surface area contributed by atoms with Crippen molar-refractivity contribution >= 4 is 11.8 Å². The second kappa shape index (κ2) is 6.69. The summed E-state index contributed by atoms with van der Waals surface area (Å²) in [7, 11) is 0. The van der Waals surface area contributed by atoms with Crippen LogP contribution in [0.3, 0.4) is 0 Å². The van der Waals surface area contributed by atoms with Gasteiger partial charge < -0.3 is 14.6 Å². The Morgan fingerprint density at radius 3 is 2.78 bits per heavy atom. The standard InChI is InChI=1S/C18H20N2O3/c1-13-4-6-14(7-5-13)12-20-16(8-9-17(20)21)18(22)19-11-15-3-2-10-23-15/h2-7,10,16H,8-9,11-12H2,1H3,(H,19,22). The molecule has 0 bridgehead atoms. The lowest BCUT2D eigenvalue weighted by Crippen LogP contribution is -2.44. The van der Waals surface area contributed by atoms with E-state index in [1.165, 1.54) is 5.56 Å². The van der Waals surface area contributed by atoms with Gasteiger partial charge in [-0.05, 0) is 31.0 Å². The van der Waals surface area contributed by atoms with E-state index in [4.69, 9.17) is 4.42 Å². The summed E-state index contributed by atoms with van der Waals surface area (Å²) in [6.07, 6.45) is 2.56. The predicted octanol–water partition coefficient (Wildman–Crippen LogP) is 2.40. The summed E-state index contributed by atoms with van der Waals surface area (Å²) < 4.78 is 5.21. The monoisotopic (exact) mass is 312 g/mol. The molecule has 3 rings (SSSR count). The molecular weight excluding hydrogens is 292 g/mol. The molecule has 120 valence electrons. The first-order valence-electron chi connectivity index (χ1n) is 7.78. The molecule has 2 aromatic rings. The van der Waals surface area contributed by atoms with E-state index in [1.807, 2.05) is 37.3 Å². The van der Waals surface area contributed by atoms with Crippen molar-refractivity contribution in [2.45, 2.75) is 38.9 Å². The quantitative estimate of drug-likeness (QED) is 0.922. The highest BCUT2D eigenvalue weighted by atomic mass is 16.3. The van der Waals surface area contributed by atoms with E-state index >= 15 is 0 Å². The molecule has 1 aromatic heterocycles. The lowest BCUT2D eigenvalue weighted by molar-refractivity contribution is -0.135. The minimum Gasteiger partial charge on any atom is -0.467 e. The van der Waals surface area contributed by atoms with Crippen molar-refractivity contribution in [3.63, 3.8) is 0 Å². The third kappa shape index (κ3) is 3.62. The van der Waals surface area contributed by atoms with Gasteiger partial charge in [0.15, 0.2) is 0 Å². The number of hydrogen-bond donors (Lipinski definition) is 1. The molecule has 23 heavy (non-hydrogen) atoms. The smallest absolute Gasteiger partial charge is 0.243 e. The number of aryl methyl sites for hydroxylation is 1. The SMILES string of the molecule is Cc1ccc(CN2C(=O)CCC2C(=O)NCc2ccco2)cc1. The van der Waals surface area contributed by atoms with Gasteiger partial charge in [0.05, 0.1) is 12.8 Å². The summed E-state index contributed by atoms with van der Waals surface area (Å²) in [6, 6.07) is 11.2. The number of carbonyl (C=O) groups is 2. The third-order valence-electron chi connectivity index (χ3n) is 4.12. The highest BCUT2D eigenvalue weighted by Gasteiger charge is 2.35. The van der Waals surface area contributed by atoms with E-state index in [9.17, 15) is 9.59 Å². The molecule has 2 amide bonds. The van der Waals surface area contributed by atoms with Crippen LogP contribution in [0.5, 0.6) is 0 Å². The van der Waals surface area contributed by atoms with Gasteiger partial charge in [-0.25, -0.2) is 0 Å². The van der Waals surface area contributed by atoms with Crippen LogP contribution in [0.25, 0.3) is 0 Å². The predicted molar refractivity (Wildman–Crippen MR) is 85.3 cm³/mol. The van der Waals surface area contributed by atoms with Gasteiger partial charge in [-0.1, -0.05) is 29.8 Å². The number of likely N-dealkylation sites (tertiary alicyclic amines) is 1. The van der Waals surface area contributed by atoms with Gasteiger partial charge in [-0.15, -0.1) is 0 Å². The zero-order valence-electron chi connectivity index (χ0n) is 13.1. The second-order valence-corrected chi connectivity index (χ2v) is 5.86. The molecule has 0 spiro atoms. The van der Waals surface area contributed by atoms with Gasteiger partial charge in [0.2, 0.25) is 11.8 Å². The summed E-state index contributed by atoms with van der Waals surface area (Å²) >= 11 is 0. The van der Waals surface area contributed by atoms with Gasteiger partial charge in [-0.2, -0.15) is 0 Å². The van der Waals surface area contributed by atoms with Crippen LogP contribution in [0, 0.1) is 6.92 Å². The number of carbonyl (C=O) groups excluding carboxylic acids is 2. The molecule has 1 unspecified atom stereocenters. The van der Waals surface area contributed by atoms with Crippen LogP contribution in [0.15, 0.2) is 47.1 Å². The molecule has 1 aliphatic rings. The summed E-state index contributed by atoms with van der Waals surface area (Å²) in [4.78, 5) is 26.2. The fourth-order valence-corrected chi connectivity index (χ4v) is 2.80. The van der Waals surface area contributed by atoms with Crippen LogP contribution in [0.4, 0.5) is 0 Å². The van der Waals surface area contributed by atoms with Crippen LogP contribution >= 0.6 is 0 Å². The number of hydrogen-bond acceptors (Lipinski definition) is 3. The summed E-state index contributed by atoms with van der Waals surface area (Å²) in [6.45, 7) is 2.84. The van der Waals surface area contributed by atoms with Crippen molar-refractivity contribution in [2.75, 3.05) is 0 Å². The van der Waals surface area contributed by atoms with Crippen LogP contribution in [0.2, 0.25) is 0 Å². The van der Waals surface area contributed by atoms with Crippen LogP contribution in [-0.2, 0) is 22.7 Å². The Morgan fingerprint density at radius 2 is 2.09 bits per heavy atom. The Hall–Kier alpha value is -2.56. The third-order valence-corrected chi connectivity index (χ3v) is 4.12. The molecule has 2 heterocycles. The Bertz CT molecular complexity index is 677. The van der Waals surface area contributed by atoms with Crippen LogP contribution < -0.4 is 5.32 Å². The molecule has 0 aliphatic carbocycles. The molecule has 1 fully saturated rings. The highest BCUT2D eigenvalue weighted by Crippen LogP contribution is 2.22. The fraction of sp³-hybridized carbons (Fsp3) is 0.333. The fourth-order valence-electron chi connectivity index (χ4n) is 2.80. The minimum absolute atomic E-state index is 0.0312. The van der Waals surface area contributed by atoms with Crippen molar-refractivity contribution in [1.82, 2.24) is 10.2 Å². The molecule has 5 nitrogen and oxygen atoms in total. The number of nitrogens with one attached hydrogen (secondary N) is 1. The average Bonchev–Trinajstić information content (AvgIpc) is 3.18. The maximum absolute atomic E-state index is 12.4. The maximum Gasteiger partial charge on any atom is 0.243 e. The van der Waals surface area contributed by atoms with Crippen LogP contribution in [0.1, 0.15) is 29.7 Å². The number of furan rings is 1. The molecular formula is C18H20N2O3. The Kier molecular flexibility index (Phi) is 4.46. The second-order valence-electron chi connectivity index (χ2n) is 5.86. The zero-order valence-corrected chi connectivity index (χ0v) is 13.1. The van der Waals surface area contributed by atoms with Gasteiger partial charge >= 0.3 is 0 Å². The maximum atomic E-state index is 12.4. The number of rotatable bonds is 5. The van der Waals surface area contributed by atoms with E-state index in [2.05, 4.69) is 5.32 Å². The number of nitrogens with zero attached hydrogens (tertiary/aromatic N) is 1. The van der Waals surface area contributed by atoms with E-state index in [0.29, 0.717) is 31.7 Å². The Labute approximate surface area is 135 Å². The molecule has 1 N–H and O–H groups in total. The zero-order chi connectivity index (χ0) is 16.2. The molecule has 1 aromatic carbocycles. The van der Waals surface area contributed by atoms with Crippen molar-refractivity contribution in [3.05, 3.63) is 59.5 Å². The van der Waals surface area contributed by atoms with E-state index in [1.54, 1.807) is 17.2 Å². The minimum atomic E-state index is -0.404. The normalized spacial score (nSPS) is 17.5. The summed E-state index contributed by atoms with van der Waals surface area (Å²) in [5, 5.41) is 2.85. The van der Waals surface area contributed by atoms with E-state index < -0.39 is 6.04 Å². The van der Waals surface area contributed by atoms with E-state index in [0.717, 1.165) is 5.56 Å². The number of amides is 2.